The topological polar surface area (TPSA) is 66.9 Å². The van der Waals surface area contributed by atoms with E-state index in [1.165, 1.54) is 9.13 Å². The molecule has 0 radical (unpaired) electrons. The second kappa shape index (κ2) is 6.74. The monoisotopic (exact) mass is 386 g/mol. The van der Waals surface area contributed by atoms with Crippen LogP contribution in [0.3, 0.4) is 0 Å². The molecule has 0 amide bonds. The van der Waals surface area contributed by atoms with E-state index < -0.39 is 0 Å². The smallest absolute Gasteiger partial charge is 0.267 e. The number of aromatic amines is 1. The lowest BCUT2D eigenvalue weighted by Gasteiger charge is -2.21. The van der Waals surface area contributed by atoms with Crippen molar-refractivity contribution in [1.82, 2.24) is 14.1 Å². The van der Waals surface area contributed by atoms with Crippen LogP contribution in [0.4, 0.5) is 11.6 Å². The van der Waals surface area contributed by atoms with Crippen LogP contribution in [-0.2, 0) is 20.1 Å². The predicted molar refractivity (Wildman–Crippen MR) is 106 cm³/mol. The van der Waals surface area contributed by atoms with Gasteiger partial charge in [0.05, 0.1) is 19.6 Å². The Balaban J connectivity index is 1.97. The van der Waals surface area contributed by atoms with Crippen LogP contribution in [0.25, 0.3) is 11.2 Å². The Hall–Kier alpha value is -2.80. The molecule has 0 fully saturated rings. The highest BCUT2D eigenvalue weighted by molar-refractivity contribution is 6.29. The maximum Gasteiger partial charge on any atom is 0.364 e. The second-order valence-electron chi connectivity index (χ2n) is 6.69. The van der Waals surface area contributed by atoms with Gasteiger partial charge >= 0.3 is 11.6 Å². The number of H-pyrrole nitrogens is 1. The standard InChI is InChI=1S/C19H20ClN5O2/c1-13(20)9-12-25-17(26)15-16(22(2)19(25)27)21-18-23(10-6-11-24(15)18)14-7-4-3-5-8-14/h3-5,7-9H,6,10-12H2,1-2H3/p+1/b13-9-. The fourth-order valence-electron chi connectivity index (χ4n) is 3.58. The minimum atomic E-state index is -0.368. The van der Waals surface area contributed by atoms with Gasteiger partial charge in [0.1, 0.15) is 5.69 Å². The molecule has 0 saturated heterocycles. The van der Waals surface area contributed by atoms with Crippen molar-refractivity contribution in [2.24, 2.45) is 7.05 Å². The highest BCUT2D eigenvalue weighted by atomic mass is 35.5. The van der Waals surface area contributed by atoms with Crippen LogP contribution in [0, 0.1) is 0 Å². The highest BCUT2D eigenvalue weighted by Crippen LogP contribution is 2.25. The summed E-state index contributed by atoms with van der Waals surface area (Å²) >= 11 is 5.89. The molecule has 0 spiro atoms. The lowest BCUT2D eigenvalue weighted by molar-refractivity contribution is -0.663. The van der Waals surface area contributed by atoms with Gasteiger partial charge in [-0.1, -0.05) is 35.9 Å². The zero-order valence-electron chi connectivity index (χ0n) is 15.3. The van der Waals surface area contributed by atoms with Crippen molar-refractivity contribution in [3.05, 3.63) is 62.3 Å². The van der Waals surface area contributed by atoms with Crippen molar-refractivity contribution in [2.45, 2.75) is 26.4 Å². The summed E-state index contributed by atoms with van der Waals surface area (Å²) in [6, 6.07) is 10.0. The molecule has 1 aliphatic rings. The third kappa shape index (κ3) is 2.88. The van der Waals surface area contributed by atoms with Gasteiger partial charge in [-0.15, -0.1) is 0 Å². The first-order valence-corrected chi connectivity index (χ1v) is 9.27. The summed E-state index contributed by atoms with van der Waals surface area (Å²) in [7, 11) is 1.67. The van der Waals surface area contributed by atoms with Gasteiger partial charge in [-0.3, -0.25) is 13.9 Å². The first-order chi connectivity index (χ1) is 13.0. The van der Waals surface area contributed by atoms with Gasteiger partial charge in [0, 0.05) is 18.5 Å². The number of para-hydroxylation sites is 1. The number of hydrogen-bond acceptors (Lipinski definition) is 3. The molecule has 0 saturated carbocycles. The van der Waals surface area contributed by atoms with Crippen molar-refractivity contribution in [3.63, 3.8) is 0 Å². The van der Waals surface area contributed by atoms with Crippen LogP contribution in [0.5, 0.6) is 0 Å². The summed E-state index contributed by atoms with van der Waals surface area (Å²) < 4.78 is 4.68. The quantitative estimate of drug-likeness (QED) is 0.700. The molecule has 0 atom stereocenters. The zero-order chi connectivity index (χ0) is 19.1. The summed E-state index contributed by atoms with van der Waals surface area (Å²) in [5.41, 5.74) is 1.41. The molecule has 3 aromatic rings. The number of allylic oxidation sites excluding steroid dienone is 2. The van der Waals surface area contributed by atoms with E-state index in [0.29, 0.717) is 16.2 Å². The molecule has 140 valence electrons. The van der Waals surface area contributed by atoms with Crippen molar-refractivity contribution >= 4 is 34.4 Å². The average Bonchev–Trinajstić information content (AvgIpc) is 3.06. The van der Waals surface area contributed by atoms with Gasteiger partial charge in [0.25, 0.3) is 5.56 Å². The van der Waals surface area contributed by atoms with Crippen LogP contribution in [0.1, 0.15) is 13.3 Å². The summed E-state index contributed by atoms with van der Waals surface area (Å²) in [4.78, 5) is 31.2. The van der Waals surface area contributed by atoms with Gasteiger partial charge in [0.2, 0.25) is 11.2 Å². The number of fused-ring (bicyclic) bond motifs is 3. The average molecular weight is 387 g/mol. The van der Waals surface area contributed by atoms with E-state index in [1.54, 1.807) is 20.0 Å². The van der Waals surface area contributed by atoms with Crippen LogP contribution in [-0.4, -0.2) is 20.7 Å². The molecule has 1 N–H and O–H groups in total. The first-order valence-electron chi connectivity index (χ1n) is 8.89. The van der Waals surface area contributed by atoms with E-state index in [0.717, 1.165) is 31.1 Å². The maximum absolute atomic E-state index is 13.1. The van der Waals surface area contributed by atoms with Gasteiger partial charge < -0.3 is 0 Å². The summed E-state index contributed by atoms with van der Waals surface area (Å²) in [6.45, 7) is 3.43. The number of hydrogen-bond donors (Lipinski definition) is 1. The number of aromatic nitrogens is 4. The molecule has 8 heteroatoms. The largest absolute Gasteiger partial charge is 0.364 e. The number of benzene rings is 1. The third-order valence-corrected chi connectivity index (χ3v) is 5.08. The second-order valence-corrected chi connectivity index (χ2v) is 7.28. The van der Waals surface area contributed by atoms with Crippen LogP contribution in [0.15, 0.2) is 51.0 Å². The number of halogens is 1. The fraction of sp³-hybridized carbons (Fsp3) is 0.316. The third-order valence-electron chi connectivity index (χ3n) is 4.92. The lowest BCUT2D eigenvalue weighted by atomic mass is 10.2. The SMILES string of the molecule is C/C(Cl)=C/Cn1c(=O)c2c([nH]c3[n+]2CCCN3c2ccccc2)n(C)c1=O. The Kier molecular flexibility index (Phi) is 4.39. The molecule has 3 heterocycles. The van der Waals surface area contributed by atoms with E-state index >= 15 is 0 Å². The molecule has 0 unspecified atom stereocenters. The molecule has 0 aliphatic carbocycles. The Morgan fingerprint density at radius 3 is 2.74 bits per heavy atom. The highest BCUT2D eigenvalue weighted by Gasteiger charge is 2.32. The van der Waals surface area contributed by atoms with Gasteiger partial charge in [-0.25, -0.2) is 19.2 Å². The van der Waals surface area contributed by atoms with Gasteiger partial charge in [0.15, 0.2) is 0 Å². The Morgan fingerprint density at radius 2 is 2.04 bits per heavy atom. The van der Waals surface area contributed by atoms with Crippen molar-refractivity contribution in [3.8, 4) is 0 Å². The van der Waals surface area contributed by atoms with Crippen LogP contribution < -0.4 is 20.7 Å². The molecule has 1 aromatic carbocycles. The van der Waals surface area contributed by atoms with Crippen LogP contribution in [0.2, 0.25) is 0 Å². The molecule has 2 aromatic heterocycles. The maximum atomic E-state index is 13.1. The summed E-state index contributed by atoms with van der Waals surface area (Å²) in [5, 5.41) is 0.544. The fourth-order valence-corrected chi connectivity index (χ4v) is 3.65. The number of aryl methyl sites for hydroxylation is 2. The van der Waals surface area contributed by atoms with Crippen molar-refractivity contribution in [2.75, 3.05) is 11.4 Å². The minimum absolute atomic E-state index is 0.152. The van der Waals surface area contributed by atoms with E-state index in [1.807, 2.05) is 34.9 Å². The summed E-state index contributed by atoms with van der Waals surface area (Å²) in [6.07, 6.45) is 2.57. The Morgan fingerprint density at radius 1 is 1.30 bits per heavy atom. The predicted octanol–water partition coefficient (Wildman–Crippen LogP) is 2.00. The van der Waals surface area contributed by atoms with Gasteiger partial charge in [-0.2, -0.15) is 0 Å². The normalized spacial score (nSPS) is 14.6. The molecule has 1 aliphatic heterocycles. The number of nitrogens with one attached hydrogen (secondary N) is 1. The molecule has 0 bridgehead atoms. The minimum Gasteiger partial charge on any atom is -0.267 e. The number of rotatable bonds is 3. The number of nitrogens with zero attached hydrogens (tertiary/aromatic N) is 4. The first kappa shape index (κ1) is 17.6. The molecule has 4 rings (SSSR count). The zero-order valence-corrected chi connectivity index (χ0v) is 16.0. The summed E-state index contributed by atoms with van der Waals surface area (Å²) in [5.74, 6) is 0.816. The number of anilines is 2. The molecular formula is C19H21ClN5O2+. The molecule has 27 heavy (non-hydrogen) atoms. The lowest BCUT2D eigenvalue weighted by Crippen LogP contribution is -2.49. The van der Waals surface area contributed by atoms with E-state index in [2.05, 4.69) is 9.88 Å². The van der Waals surface area contributed by atoms with E-state index in [9.17, 15) is 9.59 Å². The number of imidazole rings is 1. The molecule has 7 nitrogen and oxygen atoms in total. The van der Waals surface area contributed by atoms with E-state index in [4.69, 9.17) is 11.6 Å². The van der Waals surface area contributed by atoms with Crippen molar-refractivity contribution < 1.29 is 4.57 Å². The van der Waals surface area contributed by atoms with Crippen LogP contribution >= 0.6 is 11.6 Å². The Labute approximate surface area is 160 Å². The molecular weight excluding hydrogens is 366 g/mol. The van der Waals surface area contributed by atoms with E-state index in [-0.39, 0.29) is 17.8 Å². The Bertz CT molecular complexity index is 1150. The van der Waals surface area contributed by atoms with Crippen molar-refractivity contribution in [1.29, 1.82) is 0 Å². The van der Waals surface area contributed by atoms with Gasteiger partial charge in [-0.05, 0) is 19.1 Å².